The summed E-state index contributed by atoms with van der Waals surface area (Å²) in [6.07, 6.45) is -4.47. The van der Waals surface area contributed by atoms with E-state index in [0.717, 1.165) is 10.6 Å². The number of nitrogens with zero attached hydrogens (tertiary/aromatic N) is 6. The number of hydrogen-bond acceptors (Lipinski definition) is 8. The zero-order valence-electron chi connectivity index (χ0n) is 22.3. The number of carbonyl (C=O) groups is 1. The predicted molar refractivity (Wildman–Crippen MR) is 144 cm³/mol. The van der Waals surface area contributed by atoms with Gasteiger partial charge in [0.15, 0.2) is 11.0 Å². The Balaban J connectivity index is 1.38. The third-order valence-electron chi connectivity index (χ3n) is 6.98. The number of piperazine rings is 1. The smallest absolute Gasteiger partial charge is 0.354 e. The van der Waals surface area contributed by atoms with Gasteiger partial charge in [0.1, 0.15) is 24.9 Å². The molecule has 1 saturated heterocycles. The first-order chi connectivity index (χ1) is 18.9. The second kappa shape index (κ2) is 10.9. The van der Waals surface area contributed by atoms with Crippen LogP contribution in [0.15, 0.2) is 40.4 Å². The van der Waals surface area contributed by atoms with Crippen molar-refractivity contribution in [1.82, 2.24) is 30.0 Å². The molecule has 0 saturated carbocycles. The Bertz CT molecular complexity index is 1390. The number of amides is 1. The molecule has 2 aliphatic heterocycles. The number of alkyl halides is 4. The highest BCUT2D eigenvalue weighted by Gasteiger charge is 2.37. The number of benzene rings is 1. The van der Waals surface area contributed by atoms with Crippen molar-refractivity contribution in [3.63, 3.8) is 0 Å². The minimum atomic E-state index is -4.47. The normalized spacial score (nSPS) is 16.5. The van der Waals surface area contributed by atoms with Gasteiger partial charge >= 0.3 is 6.18 Å². The van der Waals surface area contributed by atoms with Crippen LogP contribution in [0, 0.1) is 6.92 Å². The van der Waals surface area contributed by atoms with Crippen molar-refractivity contribution in [3.8, 4) is 0 Å². The molecule has 2 aromatic heterocycles. The van der Waals surface area contributed by atoms with Crippen molar-refractivity contribution >= 4 is 35.1 Å². The van der Waals surface area contributed by atoms with E-state index in [9.17, 15) is 22.4 Å². The van der Waals surface area contributed by atoms with E-state index in [1.54, 1.807) is 18.2 Å². The van der Waals surface area contributed by atoms with Gasteiger partial charge in [0.05, 0.1) is 0 Å². The SMILES string of the molecule is Cc1cc(Nc2cc(N3CCN(C(C)(C)CF)CC3)nc(Sc3ccc4c(c3)CN(CC(F)(F)F)C4=O)n2)n[nH]1. The highest BCUT2D eigenvalue weighted by atomic mass is 32.2. The number of aromatic amines is 1. The Kier molecular flexibility index (Phi) is 7.66. The number of aromatic nitrogens is 4. The summed E-state index contributed by atoms with van der Waals surface area (Å²) in [5.74, 6) is 1.18. The summed E-state index contributed by atoms with van der Waals surface area (Å²) < 4.78 is 52.2. The van der Waals surface area contributed by atoms with Gasteiger partial charge in [-0.15, -0.1) is 0 Å². The maximum atomic E-state index is 13.5. The summed E-state index contributed by atoms with van der Waals surface area (Å²) in [7, 11) is 0. The minimum absolute atomic E-state index is 0.103. The number of halogens is 4. The van der Waals surface area contributed by atoms with Crippen LogP contribution in [-0.4, -0.2) is 87.0 Å². The molecule has 0 radical (unpaired) electrons. The molecule has 9 nitrogen and oxygen atoms in total. The van der Waals surface area contributed by atoms with E-state index in [-0.39, 0.29) is 12.1 Å². The van der Waals surface area contributed by atoms with Crippen molar-refractivity contribution in [2.45, 2.75) is 49.1 Å². The first-order valence-electron chi connectivity index (χ1n) is 12.8. The lowest BCUT2D eigenvalue weighted by atomic mass is 10.0. The third-order valence-corrected chi connectivity index (χ3v) is 7.83. The topological polar surface area (TPSA) is 93.3 Å². The number of nitrogens with one attached hydrogen (secondary N) is 2. The fourth-order valence-corrected chi connectivity index (χ4v) is 5.62. The van der Waals surface area contributed by atoms with Crippen molar-refractivity contribution in [2.24, 2.45) is 0 Å². The number of anilines is 3. The lowest BCUT2D eigenvalue weighted by Crippen LogP contribution is -2.55. The first kappa shape index (κ1) is 28.1. The van der Waals surface area contributed by atoms with Gasteiger partial charge in [0.2, 0.25) is 0 Å². The van der Waals surface area contributed by atoms with E-state index in [0.29, 0.717) is 59.2 Å². The van der Waals surface area contributed by atoms with Crippen LogP contribution in [-0.2, 0) is 6.54 Å². The molecule has 40 heavy (non-hydrogen) atoms. The Labute approximate surface area is 233 Å². The molecule has 0 atom stereocenters. The molecule has 4 heterocycles. The second-order valence-electron chi connectivity index (χ2n) is 10.6. The van der Waals surface area contributed by atoms with Crippen molar-refractivity contribution in [2.75, 3.05) is 49.6 Å². The van der Waals surface area contributed by atoms with Gasteiger partial charge < -0.3 is 15.1 Å². The van der Waals surface area contributed by atoms with Crippen molar-refractivity contribution < 1.29 is 22.4 Å². The summed E-state index contributed by atoms with van der Waals surface area (Å²) >= 11 is 1.26. The van der Waals surface area contributed by atoms with Crippen LogP contribution >= 0.6 is 11.8 Å². The predicted octanol–water partition coefficient (Wildman–Crippen LogP) is 4.79. The number of hydrogen-bond donors (Lipinski definition) is 2. The number of H-pyrrole nitrogens is 1. The molecule has 0 aliphatic carbocycles. The summed E-state index contributed by atoms with van der Waals surface area (Å²) in [6.45, 7) is 6.51. The number of carbonyl (C=O) groups excluding carboxylic acids is 1. The molecule has 0 spiro atoms. The van der Waals surface area contributed by atoms with Crippen LogP contribution in [0.3, 0.4) is 0 Å². The molecule has 214 valence electrons. The van der Waals surface area contributed by atoms with Gasteiger partial charge in [-0.2, -0.15) is 18.3 Å². The van der Waals surface area contributed by atoms with Gasteiger partial charge in [-0.25, -0.2) is 14.4 Å². The molecular weight excluding hydrogens is 548 g/mol. The lowest BCUT2D eigenvalue weighted by molar-refractivity contribution is -0.140. The summed E-state index contributed by atoms with van der Waals surface area (Å²) in [4.78, 5) is 27.6. The molecule has 1 fully saturated rings. The molecule has 0 unspecified atom stereocenters. The van der Waals surface area contributed by atoms with E-state index in [2.05, 4.69) is 30.3 Å². The second-order valence-corrected chi connectivity index (χ2v) is 11.6. The average Bonchev–Trinajstić information content (AvgIpc) is 3.44. The maximum absolute atomic E-state index is 13.5. The van der Waals surface area contributed by atoms with Gasteiger partial charge in [-0.3, -0.25) is 14.8 Å². The summed E-state index contributed by atoms with van der Waals surface area (Å²) in [5, 5.41) is 10.7. The molecule has 2 aliphatic rings. The zero-order chi connectivity index (χ0) is 28.7. The van der Waals surface area contributed by atoms with Crippen molar-refractivity contribution in [3.05, 3.63) is 47.2 Å². The minimum Gasteiger partial charge on any atom is -0.354 e. The van der Waals surface area contributed by atoms with Gasteiger partial charge in [-0.05, 0) is 56.3 Å². The Hall–Kier alpha value is -3.39. The van der Waals surface area contributed by atoms with Gasteiger partial charge in [-0.1, -0.05) is 0 Å². The van der Waals surface area contributed by atoms with Crippen LogP contribution in [0.4, 0.5) is 35.0 Å². The molecule has 2 N–H and O–H groups in total. The quantitative estimate of drug-likeness (QED) is 0.291. The molecule has 1 amide bonds. The Morgan fingerprint density at radius 2 is 1.80 bits per heavy atom. The van der Waals surface area contributed by atoms with E-state index in [1.165, 1.54) is 11.8 Å². The maximum Gasteiger partial charge on any atom is 0.406 e. The number of fused-ring (bicyclic) bond motifs is 1. The standard InChI is InChI=1S/C26H30F4N8OS/c1-16-10-21(35-34-16)31-20-12-22(36-6-8-38(9-7-36)25(2,3)14-27)33-24(32-20)40-18-4-5-19-17(11-18)13-37(23(19)39)15-26(28,29)30/h4-5,10-12H,6-9,13-15H2,1-3H3,(H2,31,32,33,34,35). The van der Waals surface area contributed by atoms with E-state index < -0.39 is 30.8 Å². The van der Waals surface area contributed by atoms with Gasteiger partial charge in [0, 0.05) is 66.5 Å². The van der Waals surface area contributed by atoms with E-state index in [1.807, 2.05) is 32.9 Å². The highest BCUT2D eigenvalue weighted by Crippen LogP contribution is 2.34. The molecule has 1 aromatic carbocycles. The number of rotatable bonds is 8. The van der Waals surface area contributed by atoms with Crippen molar-refractivity contribution in [1.29, 1.82) is 0 Å². The lowest BCUT2D eigenvalue weighted by Gasteiger charge is -2.43. The summed E-state index contributed by atoms with van der Waals surface area (Å²) in [6, 6.07) is 8.64. The van der Waals surface area contributed by atoms with E-state index >= 15 is 0 Å². The first-order valence-corrected chi connectivity index (χ1v) is 13.6. The molecular formula is C26H30F4N8OS. The largest absolute Gasteiger partial charge is 0.406 e. The number of aryl methyl sites for hydroxylation is 1. The third kappa shape index (κ3) is 6.33. The van der Waals surface area contributed by atoms with Crippen LogP contribution < -0.4 is 10.2 Å². The molecule has 3 aromatic rings. The average molecular weight is 579 g/mol. The van der Waals surface area contributed by atoms with Gasteiger partial charge in [0.25, 0.3) is 5.91 Å². The Morgan fingerprint density at radius 3 is 2.45 bits per heavy atom. The Morgan fingerprint density at radius 1 is 1.05 bits per heavy atom. The monoisotopic (exact) mass is 578 g/mol. The molecule has 5 rings (SSSR count). The molecule has 0 bridgehead atoms. The van der Waals surface area contributed by atoms with Crippen LogP contribution in [0.5, 0.6) is 0 Å². The fraction of sp³-hybridized carbons (Fsp3) is 0.462. The van der Waals surface area contributed by atoms with E-state index in [4.69, 9.17) is 4.98 Å². The fourth-order valence-electron chi connectivity index (χ4n) is 4.79. The van der Waals surface area contributed by atoms with Crippen LogP contribution in [0.25, 0.3) is 0 Å². The zero-order valence-corrected chi connectivity index (χ0v) is 23.2. The highest BCUT2D eigenvalue weighted by molar-refractivity contribution is 7.99. The van der Waals surface area contributed by atoms with Crippen LogP contribution in [0.2, 0.25) is 0 Å². The van der Waals surface area contributed by atoms with Crippen LogP contribution in [0.1, 0.15) is 35.5 Å². The summed E-state index contributed by atoms with van der Waals surface area (Å²) in [5.41, 5.74) is 1.15. The molecule has 14 heteroatoms.